The molecule has 20 heavy (non-hydrogen) atoms. The summed E-state index contributed by atoms with van der Waals surface area (Å²) in [7, 11) is 0. The molecule has 5 heteroatoms. The molecule has 0 spiro atoms. The van der Waals surface area contributed by atoms with Gasteiger partial charge in [0.2, 0.25) is 0 Å². The Balaban J connectivity index is 2.47. The number of ether oxygens (including phenoxy) is 1. The number of rotatable bonds is 5. The minimum Gasteiger partial charge on any atom is -0.367 e. The summed E-state index contributed by atoms with van der Waals surface area (Å²) in [6.07, 6.45) is 6.48. The molecule has 1 aromatic rings. The van der Waals surface area contributed by atoms with Crippen molar-refractivity contribution in [3.63, 3.8) is 0 Å². The van der Waals surface area contributed by atoms with Crippen molar-refractivity contribution in [3.8, 4) is 0 Å². The largest absolute Gasteiger partial charge is 0.367 e. The molecular formula is C15H26N4O. The number of nitrogens with two attached hydrogens (primary N) is 1. The van der Waals surface area contributed by atoms with Crippen LogP contribution in [0.4, 0.5) is 5.82 Å². The molecule has 0 unspecified atom stereocenters. The number of hydrazine groups is 1. The molecular weight excluding hydrogens is 252 g/mol. The summed E-state index contributed by atoms with van der Waals surface area (Å²) >= 11 is 0. The topological polar surface area (TPSA) is 73.1 Å². The van der Waals surface area contributed by atoms with Crippen LogP contribution in [0.5, 0.6) is 0 Å². The molecule has 2 rings (SSSR count). The van der Waals surface area contributed by atoms with Gasteiger partial charge in [0.1, 0.15) is 11.4 Å². The van der Waals surface area contributed by atoms with Crippen LogP contribution in [0.2, 0.25) is 0 Å². The van der Waals surface area contributed by atoms with Gasteiger partial charge in [0.05, 0.1) is 0 Å². The third kappa shape index (κ3) is 2.79. The Morgan fingerprint density at radius 1 is 1.20 bits per heavy atom. The van der Waals surface area contributed by atoms with Crippen LogP contribution >= 0.6 is 0 Å². The minimum atomic E-state index is -0.323. The van der Waals surface area contributed by atoms with Crippen molar-refractivity contribution in [2.24, 2.45) is 5.84 Å². The van der Waals surface area contributed by atoms with E-state index in [0.29, 0.717) is 6.61 Å². The van der Waals surface area contributed by atoms with E-state index in [9.17, 15) is 0 Å². The monoisotopic (exact) mass is 278 g/mol. The summed E-state index contributed by atoms with van der Waals surface area (Å²) in [6.45, 7) is 6.83. The molecule has 1 heterocycles. The van der Waals surface area contributed by atoms with Crippen LogP contribution in [0.3, 0.4) is 0 Å². The first-order chi connectivity index (χ1) is 9.66. The van der Waals surface area contributed by atoms with Crippen molar-refractivity contribution < 1.29 is 4.74 Å². The van der Waals surface area contributed by atoms with E-state index in [1.165, 1.54) is 19.3 Å². The van der Waals surface area contributed by atoms with E-state index >= 15 is 0 Å². The maximum atomic E-state index is 6.10. The fourth-order valence-electron chi connectivity index (χ4n) is 3.08. The fraction of sp³-hybridized carbons (Fsp3) is 0.733. The van der Waals surface area contributed by atoms with E-state index < -0.39 is 0 Å². The molecule has 3 N–H and O–H groups in total. The number of nitrogens with one attached hydrogen (secondary N) is 1. The molecule has 0 bridgehead atoms. The third-order valence-corrected chi connectivity index (χ3v) is 4.21. The number of hydrogen-bond donors (Lipinski definition) is 2. The van der Waals surface area contributed by atoms with Crippen molar-refractivity contribution in [3.05, 3.63) is 17.1 Å². The van der Waals surface area contributed by atoms with Crippen LogP contribution in [0.25, 0.3) is 0 Å². The molecule has 0 saturated heterocycles. The van der Waals surface area contributed by atoms with E-state index in [0.717, 1.165) is 42.2 Å². The zero-order chi connectivity index (χ0) is 14.6. The molecule has 1 fully saturated rings. The highest BCUT2D eigenvalue weighted by molar-refractivity contribution is 5.45. The zero-order valence-corrected chi connectivity index (χ0v) is 12.8. The second kappa shape index (κ2) is 6.50. The number of anilines is 1. The number of nitrogens with zero attached hydrogens (tertiary/aromatic N) is 2. The smallest absolute Gasteiger partial charge is 0.162 e. The van der Waals surface area contributed by atoms with Gasteiger partial charge >= 0.3 is 0 Å². The number of aryl methyl sites for hydroxylation is 1. The highest BCUT2D eigenvalue weighted by Crippen LogP contribution is 2.39. The Morgan fingerprint density at radius 3 is 2.45 bits per heavy atom. The summed E-state index contributed by atoms with van der Waals surface area (Å²) in [5, 5.41) is 0. The van der Waals surface area contributed by atoms with Gasteiger partial charge in [-0.3, -0.25) is 0 Å². The lowest BCUT2D eigenvalue weighted by Gasteiger charge is -2.36. The highest BCUT2D eigenvalue weighted by Gasteiger charge is 2.38. The average Bonchev–Trinajstić information content (AvgIpc) is 2.48. The summed E-state index contributed by atoms with van der Waals surface area (Å²) in [4.78, 5) is 9.42. The molecule has 1 aromatic heterocycles. The van der Waals surface area contributed by atoms with Crippen LogP contribution in [0.15, 0.2) is 0 Å². The van der Waals surface area contributed by atoms with E-state index in [1.54, 1.807) is 0 Å². The van der Waals surface area contributed by atoms with Gasteiger partial charge in [0.15, 0.2) is 5.82 Å². The van der Waals surface area contributed by atoms with Crippen molar-refractivity contribution in [1.29, 1.82) is 0 Å². The van der Waals surface area contributed by atoms with Crippen LogP contribution in [0.1, 0.15) is 63.0 Å². The van der Waals surface area contributed by atoms with Gasteiger partial charge in [-0.15, -0.1) is 0 Å². The third-order valence-electron chi connectivity index (χ3n) is 4.21. The predicted molar refractivity (Wildman–Crippen MR) is 80.3 cm³/mol. The molecule has 0 aromatic carbocycles. The first-order valence-electron chi connectivity index (χ1n) is 7.65. The lowest BCUT2D eigenvalue weighted by Crippen LogP contribution is -2.35. The normalized spacial score (nSPS) is 18.0. The molecule has 0 atom stereocenters. The van der Waals surface area contributed by atoms with Crippen LogP contribution in [-0.4, -0.2) is 16.6 Å². The Kier molecular flexibility index (Phi) is 4.94. The van der Waals surface area contributed by atoms with Gasteiger partial charge in [0, 0.05) is 17.9 Å². The van der Waals surface area contributed by atoms with Crippen LogP contribution in [0, 0.1) is 6.92 Å². The zero-order valence-electron chi connectivity index (χ0n) is 12.8. The Labute approximate surface area is 121 Å². The quantitative estimate of drug-likeness (QED) is 0.640. The summed E-state index contributed by atoms with van der Waals surface area (Å²) in [5.41, 5.74) is 4.46. The first-order valence-corrected chi connectivity index (χ1v) is 7.65. The molecule has 5 nitrogen and oxygen atoms in total. The van der Waals surface area contributed by atoms with Gasteiger partial charge in [-0.2, -0.15) is 0 Å². The lowest BCUT2D eigenvalue weighted by atomic mass is 9.83. The van der Waals surface area contributed by atoms with Gasteiger partial charge in [-0.1, -0.05) is 26.2 Å². The van der Waals surface area contributed by atoms with E-state index in [-0.39, 0.29) is 5.60 Å². The Bertz CT molecular complexity index is 425. The van der Waals surface area contributed by atoms with E-state index in [4.69, 9.17) is 15.6 Å². The van der Waals surface area contributed by atoms with Crippen LogP contribution < -0.4 is 11.3 Å². The number of nitrogen functional groups attached to an aromatic ring is 1. The molecule has 0 amide bonds. The van der Waals surface area contributed by atoms with Gasteiger partial charge in [-0.25, -0.2) is 15.8 Å². The highest BCUT2D eigenvalue weighted by atomic mass is 16.5. The van der Waals surface area contributed by atoms with E-state index in [2.05, 4.69) is 17.3 Å². The second-order valence-corrected chi connectivity index (χ2v) is 5.45. The summed E-state index contributed by atoms with van der Waals surface area (Å²) in [5.74, 6) is 7.13. The second-order valence-electron chi connectivity index (χ2n) is 5.45. The standard InChI is InChI=1S/C15H26N4O/c1-4-12-11(3)13(19-16)18-14(17-12)15(20-5-2)9-7-6-8-10-15/h4-10,16H2,1-3H3,(H,17,18,19). The maximum absolute atomic E-state index is 6.10. The fourth-order valence-corrected chi connectivity index (χ4v) is 3.08. The molecule has 112 valence electrons. The number of aromatic nitrogens is 2. The summed E-state index contributed by atoms with van der Waals surface area (Å²) in [6, 6.07) is 0. The van der Waals surface area contributed by atoms with Crippen molar-refractivity contribution in [2.75, 3.05) is 12.0 Å². The molecule has 1 aliphatic carbocycles. The lowest BCUT2D eigenvalue weighted by molar-refractivity contribution is -0.0767. The predicted octanol–water partition coefficient (Wildman–Crippen LogP) is 2.83. The van der Waals surface area contributed by atoms with Gasteiger partial charge in [-0.05, 0) is 33.1 Å². The van der Waals surface area contributed by atoms with Gasteiger partial charge in [0.25, 0.3) is 0 Å². The molecule has 1 saturated carbocycles. The van der Waals surface area contributed by atoms with E-state index in [1.807, 2.05) is 13.8 Å². The summed E-state index contributed by atoms with van der Waals surface area (Å²) < 4.78 is 6.10. The SMILES string of the molecule is CCOC1(c2nc(CC)c(C)c(NN)n2)CCCCC1. The van der Waals surface area contributed by atoms with Crippen LogP contribution in [-0.2, 0) is 16.8 Å². The minimum absolute atomic E-state index is 0.323. The molecule has 0 radical (unpaired) electrons. The molecule has 1 aliphatic rings. The van der Waals surface area contributed by atoms with Gasteiger partial charge < -0.3 is 10.2 Å². The Hall–Kier alpha value is -1.20. The Morgan fingerprint density at radius 2 is 1.90 bits per heavy atom. The maximum Gasteiger partial charge on any atom is 0.162 e. The first kappa shape index (κ1) is 15.2. The number of hydrogen-bond acceptors (Lipinski definition) is 5. The van der Waals surface area contributed by atoms with Crippen molar-refractivity contribution in [2.45, 2.75) is 64.9 Å². The molecule has 0 aliphatic heterocycles. The van der Waals surface area contributed by atoms with Crippen molar-refractivity contribution >= 4 is 5.82 Å². The van der Waals surface area contributed by atoms with Crippen molar-refractivity contribution in [1.82, 2.24) is 9.97 Å². The average molecular weight is 278 g/mol.